The van der Waals surface area contributed by atoms with E-state index >= 15 is 0 Å². The molecule has 0 fully saturated rings. The Morgan fingerprint density at radius 2 is 1.90 bits per heavy atom. The molecule has 0 spiro atoms. The SMILES string of the molecule is CCOc1cccc(Oc2ccc3c(c2)NC(=O)C3N)c1. The molecule has 0 saturated heterocycles. The summed E-state index contributed by atoms with van der Waals surface area (Å²) in [6, 6.07) is 12.2. The quantitative estimate of drug-likeness (QED) is 0.905. The molecule has 3 rings (SSSR count). The normalized spacial score (nSPS) is 16.3. The van der Waals surface area contributed by atoms with E-state index in [1.54, 1.807) is 18.2 Å². The smallest absolute Gasteiger partial charge is 0.245 e. The van der Waals surface area contributed by atoms with E-state index in [2.05, 4.69) is 5.32 Å². The summed E-state index contributed by atoms with van der Waals surface area (Å²) in [5, 5.41) is 2.74. The number of hydrogen-bond acceptors (Lipinski definition) is 4. The number of nitrogens with two attached hydrogens (primary N) is 1. The second-order valence-electron chi connectivity index (χ2n) is 4.73. The molecule has 5 nitrogen and oxygen atoms in total. The van der Waals surface area contributed by atoms with Crippen LogP contribution in [0.25, 0.3) is 0 Å². The van der Waals surface area contributed by atoms with E-state index in [0.717, 1.165) is 11.3 Å². The molecule has 108 valence electrons. The highest BCUT2D eigenvalue weighted by atomic mass is 16.5. The van der Waals surface area contributed by atoms with Crippen LogP contribution in [0.4, 0.5) is 5.69 Å². The van der Waals surface area contributed by atoms with Gasteiger partial charge < -0.3 is 20.5 Å². The van der Waals surface area contributed by atoms with E-state index in [9.17, 15) is 4.79 Å². The molecule has 0 radical (unpaired) electrons. The van der Waals surface area contributed by atoms with Crippen LogP contribution in [0, 0.1) is 0 Å². The number of anilines is 1. The van der Waals surface area contributed by atoms with Gasteiger partial charge in [0.1, 0.15) is 23.3 Å². The number of fused-ring (bicyclic) bond motifs is 1. The van der Waals surface area contributed by atoms with Crippen LogP contribution in [0.5, 0.6) is 17.2 Å². The molecule has 1 unspecified atom stereocenters. The highest BCUT2D eigenvalue weighted by Gasteiger charge is 2.27. The maximum Gasteiger partial charge on any atom is 0.245 e. The van der Waals surface area contributed by atoms with Gasteiger partial charge in [0.25, 0.3) is 0 Å². The zero-order valence-corrected chi connectivity index (χ0v) is 11.6. The Kier molecular flexibility index (Phi) is 3.50. The van der Waals surface area contributed by atoms with Crippen molar-refractivity contribution in [1.82, 2.24) is 0 Å². The van der Waals surface area contributed by atoms with Crippen molar-refractivity contribution < 1.29 is 14.3 Å². The van der Waals surface area contributed by atoms with Crippen molar-refractivity contribution in [3.63, 3.8) is 0 Å². The van der Waals surface area contributed by atoms with E-state index in [1.807, 2.05) is 31.2 Å². The first-order valence-electron chi connectivity index (χ1n) is 6.78. The minimum Gasteiger partial charge on any atom is -0.494 e. The second kappa shape index (κ2) is 5.46. The Balaban J connectivity index is 1.82. The number of carbonyl (C=O) groups excluding carboxylic acids is 1. The summed E-state index contributed by atoms with van der Waals surface area (Å²) >= 11 is 0. The molecule has 21 heavy (non-hydrogen) atoms. The predicted octanol–water partition coefficient (Wildman–Crippen LogP) is 2.83. The van der Waals surface area contributed by atoms with E-state index in [1.165, 1.54) is 0 Å². The fourth-order valence-electron chi connectivity index (χ4n) is 2.26. The van der Waals surface area contributed by atoms with E-state index in [4.69, 9.17) is 15.2 Å². The molecule has 1 atom stereocenters. The maximum absolute atomic E-state index is 11.5. The molecule has 0 bridgehead atoms. The predicted molar refractivity (Wildman–Crippen MR) is 79.7 cm³/mol. The highest BCUT2D eigenvalue weighted by molar-refractivity contribution is 6.02. The Hall–Kier alpha value is -2.53. The third-order valence-corrected chi connectivity index (χ3v) is 3.25. The lowest BCUT2D eigenvalue weighted by Crippen LogP contribution is -2.19. The third-order valence-electron chi connectivity index (χ3n) is 3.25. The highest BCUT2D eigenvalue weighted by Crippen LogP contribution is 2.34. The number of benzene rings is 2. The monoisotopic (exact) mass is 284 g/mol. The van der Waals surface area contributed by atoms with Crippen molar-refractivity contribution in [1.29, 1.82) is 0 Å². The molecule has 0 aromatic heterocycles. The lowest BCUT2D eigenvalue weighted by molar-refractivity contribution is -0.116. The number of rotatable bonds is 4. The third kappa shape index (κ3) is 2.68. The van der Waals surface area contributed by atoms with Gasteiger partial charge in [-0.25, -0.2) is 0 Å². The van der Waals surface area contributed by atoms with Gasteiger partial charge in [-0.3, -0.25) is 4.79 Å². The molecule has 0 aliphatic carbocycles. The topological polar surface area (TPSA) is 73.6 Å². The van der Waals surface area contributed by atoms with E-state index in [0.29, 0.717) is 23.8 Å². The van der Waals surface area contributed by atoms with Crippen LogP contribution in [0.2, 0.25) is 0 Å². The summed E-state index contributed by atoms with van der Waals surface area (Å²) in [6.45, 7) is 2.53. The van der Waals surface area contributed by atoms with Crippen LogP contribution >= 0.6 is 0 Å². The van der Waals surface area contributed by atoms with Gasteiger partial charge in [-0.05, 0) is 25.1 Å². The molecule has 2 aromatic carbocycles. The maximum atomic E-state index is 11.5. The Bertz CT molecular complexity index is 685. The molecule has 2 aromatic rings. The molecule has 1 amide bonds. The van der Waals surface area contributed by atoms with Gasteiger partial charge >= 0.3 is 0 Å². The molecular weight excluding hydrogens is 268 g/mol. The van der Waals surface area contributed by atoms with Gasteiger partial charge in [0.15, 0.2) is 0 Å². The minimum absolute atomic E-state index is 0.194. The average Bonchev–Trinajstić information content (AvgIpc) is 2.74. The van der Waals surface area contributed by atoms with Crippen LogP contribution < -0.4 is 20.5 Å². The van der Waals surface area contributed by atoms with Gasteiger partial charge in [-0.1, -0.05) is 12.1 Å². The minimum atomic E-state index is -0.602. The van der Waals surface area contributed by atoms with Crippen LogP contribution in [0.15, 0.2) is 42.5 Å². The van der Waals surface area contributed by atoms with Crippen molar-refractivity contribution in [2.45, 2.75) is 13.0 Å². The van der Waals surface area contributed by atoms with Crippen molar-refractivity contribution in [2.24, 2.45) is 5.73 Å². The largest absolute Gasteiger partial charge is 0.494 e. The number of nitrogens with one attached hydrogen (secondary N) is 1. The van der Waals surface area contributed by atoms with Crippen LogP contribution in [0.3, 0.4) is 0 Å². The van der Waals surface area contributed by atoms with Crippen molar-refractivity contribution in [2.75, 3.05) is 11.9 Å². The van der Waals surface area contributed by atoms with Crippen molar-refractivity contribution >= 4 is 11.6 Å². The molecule has 3 N–H and O–H groups in total. The molecule has 1 heterocycles. The molecule has 1 aliphatic heterocycles. The van der Waals surface area contributed by atoms with E-state index in [-0.39, 0.29) is 5.91 Å². The summed E-state index contributed by atoms with van der Waals surface area (Å²) in [7, 11) is 0. The summed E-state index contributed by atoms with van der Waals surface area (Å²) in [5.41, 5.74) is 7.26. The summed E-state index contributed by atoms with van der Waals surface area (Å²) in [4.78, 5) is 11.5. The number of hydrogen-bond donors (Lipinski definition) is 2. The first-order chi connectivity index (χ1) is 10.2. The van der Waals surface area contributed by atoms with Gasteiger partial charge in [0.05, 0.1) is 6.61 Å². The lowest BCUT2D eigenvalue weighted by Gasteiger charge is -2.09. The Morgan fingerprint density at radius 1 is 1.14 bits per heavy atom. The standard InChI is InChI=1S/C16H16N2O3/c1-2-20-10-4-3-5-11(8-10)21-12-6-7-13-14(9-12)18-16(19)15(13)17/h3-9,15H,2,17H2,1H3,(H,18,19). The van der Waals surface area contributed by atoms with Gasteiger partial charge in [0, 0.05) is 23.4 Å². The second-order valence-corrected chi connectivity index (χ2v) is 4.73. The Labute approximate surface area is 122 Å². The molecule has 1 aliphatic rings. The number of amides is 1. The summed E-state index contributed by atoms with van der Waals surface area (Å²) in [5.74, 6) is 1.87. The zero-order valence-electron chi connectivity index (χ0n) is 11.6. The molecular formula is C16H16N2O3. The van der Waals surface area contributed by atoms with Gasteiger partial charge in [-0.2, -0.15) is 0 Å². The fourth-order valence-corrected chi connectivity index (χ4v) is 2.26. The average molecular weight is 284 g/mol. The van der Waals surface area contributed by atoms with Crippen LogP contribution in [-0.4, -0.2) is 12.5 Å². The molecule has 0 saturated carbocycles. The molecule has 5 heteroatoms. The van der Waals surface area contributed by atoms with Gasteiger partial charge in [-0.15, -0.1) is 0 Å². The summed E-state index contributed by atoms with van der Waals surface area (Å²) < 4.78 is 11.2. The summed E-state index contributed by atoms with van der Waals surface area (Å²) in [6.07, 6.45) is 0. The zero-order chi connectivity index (χ0) is 14.8. The Morgan fingerprint density at radius 3 is 2.71 bits per heavy atom. The van der Waals surface area contributed by atoms with Crippen molar-refractivity contribution in [3.05, 3.63) is 48.0 Å². The van der Waals surface area contributed by atoms with Crippen LogP contribution in [0.1, 0.15) is 18.5 Å². The fraction of sp³-hybridized carbons (Fsp3) is 0.188. The number of carbonyl (C=O) groups is 1. The van der Waals surface area contributed by atoms with Crippen molar-refractivity contribution in [3.8, 4) is 17.2 Å². The first kappa shape index (κ1) is 13.5. The van der Waals surface area contributed by atoms with E-state index < -0.39 is 6.04 Å². The first-order valence-corrected chi connectivity index (χ1v) is 6.78. The van der Waals surface area contributed by atoms with Crippen LogP contribution in [-0.2, 0) is 4.79 Å². The number of ether oxygens (including phenoxy) is 2. The lowest BCUT2D eigenvalue weighted by atomic mass is 10.1. The van der Waals surface area contributed by atoms with Gasteiger partial charge in [0.2, 0.25) is 5.91 Å².